The van der Waals surface area contributed by atoms with Crippen molar-refractivity contribution in [3.05, 3.63) is 35.9 Å². The van der Waals surface area contributed by atoms with Gasteiger partial charge in [0.15, 0.2) is 0 Å². The molecule has 0 N–H and O–H groups in total. The zero-order valence-corrected chi connectivity index (χ0v) is 8.82. The van der Waals surface area contributed by atoms with Gasteiger partial charge in [-0.15, -0.1) is 0 Å². The van der Waals surface area contributed by atoms with E-state index in [4.69, 9.17) is 0 Å². The largest absolute Gasteiger partial charge is 0.299 e. The number of hydrogen-bond acceptors (Lipinski definition) is 2. The van der Waals surface area contributed by atoms with E-state index in [0.717, 1.165) is 5.56 Å². The molecule has 1 saturated carbocycles. The van der Waals surface area contributed by atoms with Crippen molar-refractivity contribution in [2.45, 2.75) is 31.6 Å². The first-order chi connectivity index (χ1) is 7.10. The van der Waals surface area contributed by atoms with Crippen LogP contribution >= 0.6 is 0 Å². The van der Waals surface area contributed by atoms with Crippen molar-refractivity contribution < 1.29 is 9.59 Å². The summed E-state index contributed by atoms with van der Waals surface area (Å²) in [6, 6.07) is 9.82. The molecule has 2 rings (SSSR count). The van der Waals surface area contributed by atoms with E-state index >= 15 is 0 Å². The molecule has 1 aromatic carbocycles. The number of Topliss-reactive ketones (excluding diaryl/α,β-unsaturated/α-hetero) is 2. The smallest absolute Gasteiger partial charge is 0.141 e. The van der Waals surface area contributed by atoms with Gasteiger partial charge in [0, 0.05) is 18.3 Å². The molecule has 1 aliphatic carbocycles. The molecule has 0 radical (unpaired) electrons. The Morgan fingerprint density at radius 1 is 1.00 bits per heavy atom. The van der Waals surface area contributed by atoms with Crippen LogP contribution in [0.15, 0.2) is 30.3 Å². The zero-order valence-electron chi connectivity index (χ0n) is 8.82. The van der Waals surface area contributed by atoms with Crippen LogP contribution in [0.25, 0.3) is 0 Å². The lowest BCUT2D eigenvalue weighted by Crippen LogP contribution is -2.34. The van der Waals surface area contributed by atoms with Crippen molar-refractivity contribution in [3.63, 3.8) is 0 Å². The fraction of sp³-hybridized carbons (Fsp3) is 0.385. The molecule has 0 heterocycles. The second-order valence-corrected chi connectivity index (χ2v) is 4.53. The summed E-state index contributed by atoms with van der Waals surface area (Å²) in [4.78, 5) is 22.9. The standard InChI is InChI=1S/C13H14O2/c1-13(10-5-3-2-4-6-10)8-11(14)7-12(15)9-13/h2-6H,7-9H2,1H3. The van der Waals surface area contributed by atoms with E-state index in [2.05, 4.69) is 0 Å². The fourth-order valence-electron chi connectivity index (χ4n) is 2.32. The van der Waals surface area contributed by atoms with Crippen LogP contribution in [-0.2, 0) is 15.0 Å². The van der Waals surface area contributed by atoms with Crippen molar-refractivity contribution in [3.8, 4) is 0 Å². The van der Waals surface area contributed by atoms with E-state index in [1.165, 1.54) is 0 Å². The van der Waals surface area contributed by atoms with Crippen LogP contribution in [-0.4, -0.2) is 11.6 Å². The molecular weight excluding hydrogens is 188 g/mol. The lowest BCUT2D eigenvalue weighted by atomic mass is 9.70. The predicted molar refractivity (Wildman–Crippen MR) is 57.7 cm³/mol. The van der Waals surface area contributed by atoms with Gasteiger partial charge in [-0.2, -0.15) is 0 Å². The van der Waals surface area contributed by atoms with Gasteiger partial charge in [0.25, 0.3) is 0 Å². The number of hydrogen-bond donors (Lipinski definition) is 0. The number of rotatable bonds is 1. The van der Waals surface area contributed by atoms with Gasteiger partial charge in [-0.25, -0.2) is 0 Å². The average molecular weight is 202 g/mol. The molecule has 0 aromatic heterocycles. The number of carbonyl (C=O) groups excluding carboxylic acids is 2. The van der Waals surface area contributed by atoms with Gasteiger partial charge in [-0.3, -0.25) is 9.59 Å². The van der Waals surface area contributed by atoms with Crippen LogP contribution in [0, 0.1) is 0 Å². The van der Waals surface area contributed by atoms with Crippen molar-refractivity contribution in [2.24, 2.45) is 0 Å². The maximum Gasteiger partial charge on any atom is 0.141 e. The molecule has 15 heavy (non-hydrogen) atoms. The topological polar surface area (TPSA) is 34.1 Å². The molecule has 0 unspecified atom stereocenters. The van der Waals surface area contributed by atoms with Crippen LogP contribution in [0.5, 0.6) is 0 Å². The minimum absolute atomic E-state index is 0.0672. The van der Waals surface area contributed by atoms with Gasteiger partial charge in [0.2, 0.25) is 0 Å². The highest BCUT2D eigenvalue weighted by molar-refractivity contribution is 6.02. The van der Waals surface area contributed by atoms with E-state index in [0.29, 0.717) is 12.8 Å². The van der Waals surface area contributed by atoms with Gasteiger partial charge >= 0.3 is 0 Å². The number of benzene rings is 1. The summed E-state index contributed by atoms with van der Waals surface area (Å²) in [5.74, 6) is 0.134. The Morgan fingerprint density at radius 2 is 1.53 bits per heavy atom. The predicted octanol–water partition coefficient (Wildman–Crippen LogP) is 2.27. The lowest BCUT2D eigenvalue weighted by Gasteiger charge is -2.32. The third-order valence-corrected chi connectivity index (χ3v) is 3.04. The Kier molecular flexibility index (Phi) is 2.43. The highest BCUT2D eigenvalue weighted by atomic mass is 16.1. The molecule has 1 aromatic rings. The maximum atomic E-state index is 11.4. The normalized spacial score (nSPS) is 20.3. The van der Waals surface area contributed by atoms with E-state index < -0.39 is 0 Å². The van der Waals surface area contributed by atoms with Crippen molar-refractivity contribution in [1.82, 2.24) is 0 Å². The minimum Gasteiger partial charge on any atom is -0.299 e. The third kappa shape index (κ3) is 1.99. The first-order valence-electron chi connectivity index (χ1n) is 5.19. The molecule has 0 spiro atoms. The zero-order chi connectivity index (χ0) is 10.9. The molecule has 2 nitrogen and oxygen atoms in total. The maximum absolute atomic E-state index is 11.4. The van der Waals surface area contributed by atoms with Crippen LogP contribution in [0.2, 0.25) is 0 Å². The summed E-state index contributed by atoms with van der Waals surface area (Å²) in [6.45, 7) is 2.00. The van der Waals surface area contributed by atoms with E-state index in [-0.39, 0.29) is 23.4 Å². The molecule has 0 saturated heterocycles. The Morgan fingerprint density at radius 3 is 2.07 bits per heavy atom. The summed E-state index contributed by atoms with van der Waals surface area (Å²) in [5.41, 5.74) is 0.805. The highest BCUT2D eigenvalue weighted by Gasteiger charge is 2.36. The van der Waals surface area contributed by atoms with Gasteiger partial charge < -0.3 is 0 Å². The monoisotopic (exact) mass is 202 g/mol. The summed E-state index contributed by atoms with van der Waals surface area (Å²) in [5, 5.41) is 0. The summed E-state index contributed by atoms with van der Waals surface area (Å²) < 4.78 is 0. The van der Waals surface area contributed by atoms with Crippen LogP contribution in [0.4, 0.5) is 0 Å². The van der Waals surface area contributed by atoms with Crippen LogP contribution < -0.4 is 0 Å². The van der Waals surface area contributed by atoms with Crippen LogP contribution in [0.3, 0.4) is 0 Å². The molecule has 0 bridgehead atoms. The third-order valence-electron chi connectivity index (χ3n) is 3.04. The number of carbonyl (C=O) groups is 2. The summed E-state index contributed by atoms with van der Waals surface area (Å²) >= 11 is 0. The molecule has 78 valence electrons. The first kappa shape index (κ1) is 10.1. The quantitative estimate of drug-likeness (QED) is 0.655. The van der Waals surface area contributed by atoms with Crippen molar-refractivity contribution in [2.75, 3.05) is 0 Å². The Labute approximate surface area is 89.3 Å². The molecule has 0 amide bonds. The fourth-order valence-corrected chi connectivity index (χ4v) is 2.32. The SMILES string of the molecule is CC1(c2ccccc2)CC(=O)CC(=O)C1. The summed E-state index contributed by atoms with van der Waals surface area (Å²) in [6.07, 6.45) is 1.11. The van der Waals surface area contributed by atoms with Crippen LogP contribution in [0.1, 0.15) is 31.7 Å². The Balaban J connectivity index is 2.34. The van der Waals surface area contributed by atoms with E-state index in [1.807, 2.05) is 37.3 Å². The van der Waals surface area contributed by atoms with Crippen molar-refractivity contribution >= 4 is 11.6 Å². The molecule has 1 aliphatic rings. The Hall–Kier alpha value is -1.44. The van der Waals surface area contributed by atoms with Gasteiger partial charge in [-0.1, -0.05) is 37.3 Å². The molecule has 0 aliphatic heterocycles. The minimum atomic E-state index is -0.284. The Bertz CT molecular complexity index is 376. The van der Waals surface area contributed by atoms with E-state index in [1.54, 1.807) is 0 Å². The van der Waals surface area contributed by atoms with E-state index in [9.17, 15) is 9.59 Å². The van der Waals surface area contributed by atoms with Gasteiger partial charge in [0.1, 0.15) is 11.6 Å². The summed E-state index contributed by atoms with van der Waals surface area (Å²) in [7, 11) is 0. The first-order valence-corrected chi connectivity index (χ1v) is 5.19. The molecular formula is C13H14O2. The molecule has 2 heteroatoms. The highest BCUT2D eigenvalue weighted by Crippen LogP contribution is 2.35. The molecule has 0 atom stereocenters. The molecule has 1 fully saturated rings. The lowest BCUT2D eigenvalue weighted by molar-refractivity contribution is -0.131. The second-order valence-electron chi connectivity index (χ2n) is 4.53. The number of ketones is 2. The average Bonchev–Trinajstić information content (AvgIpc) is 2.17. The second kappa shape index (κ2) is 3.61. The van der Waals surface area contributed by atoms with Gasteiger partial charge in [-0.05, 0) is 5.56 Å². The van der Waals surface area contributed by atoms with Crippen molar-refractivity contribution in [1.29, 1.82) is 0 Å². The van der Waals surface area contributed by atoms with Gasteiger partial charge in [0.05, 0.1) is 6.42 Å².